The number of hydrogen-bond acceptors (Lipinski definition) is 3. The highest BCUT2D eigenvalue weighted by atomic mass is 16.5. The van der Waals surface area contributed by atoms with Crippen LogP contribution in [-0.2, 0) is 22.4 Å². The van der Waals surface area contributed by atoms with Gasteiger partial charge in [-0.25, -0.2) is 0 Å². The van der Waals surface area contributed by atoms with E-state index in [-0.39, 0.29) is 18.2 Å². The van der Waals surface area contributed by atoms with Crippen LogP contribution in [0.15, 0.2) is 18.2 Å². The minimum atomic E-state index is -0.253. The molecule has 0 bridgehead atoms. The number of rotatable bonds is 8. The van der Waals surface area contributed by atoms with Crippen molar-refractivity contribution in [3.05, 3.63) is 34.9 Å². The minimum absolute atomic E-state index is 0.205. The molecule has 0 fully saturated rings. The van der Waals surface area contributed by atoms with Crippen LogP contribution in [0.4, 0.5) is 0 Å². The summed E-state index contributed by atoms with van der Waals surface area (Å²) in [5.74, 6) is 0.482. The summed E-state index contributed by atoms with van der Waals surface area (Å²) in [6.45, 7) is 6.34. The molecule has 0 saturated carbocycles. The van der Waals surface area contributed by atoms with Crippen molar-refractivity contribution in [2.75, 3.05) is 7.11 Å². The van der Waals surface area contributed by atoms with E-state index in [1.807, 2.05) is 18.2 Å². The third-order valence-corrected chi connectivity index (χ3v) is 3.51. The Bertz CT molecular complexity index is 489. The lowest BCUT2D eigenvalue weighted by Crippen LogP contribution is -2.09. The second kappa shape index (κ2) is 8.60. The van der Waals surface area contributed by atoms with E-state index in [4.69, 9.17) is 4.74 Å². The number of benzene rings is 1. The maximum atomic E-state index is 12.3. The second-order valence-corrected chi connectivity index (χ2v) is 5.85. The van der Waals surface area contributed by atoms with Gasteiger partial charge in [0.05, 0.1) is 13.5 Å². The largest absolute Gasteiger partial charge is 0.469 e. The molecule has 1 rings (SSSR count). The topological polar surface area (TPSA) is 43.4 Å². The van der Waals surface area contributed by atoms with Crippen molar-refractivity contribution < 1.29 is 14.3 Å². The fourth-order valence-electron chi connectivity index (χ4n) is 2.30. The van der Waals surface area contributed by atoms with Crippen LogP contribution in [0.3, 0.4) is 0 Å². The van der Waals surface area contributed by atoms with Gasteiger partial charge in [-0.3, -0.25) is 9.59 Å². The van der Waals surface area contributed by atoms with Gasteiger partial charge in [-0.15, -0.1) is 0 Å². The monoisotopic (exact) mass is 290 g/mol. The summed E-state index contributed by atoms with van der Waals surface area (Å²) in [5, 5.41) is 0. The van der Waals surface area contributed by atoms with Crippen LogP contribution in [0.1, 0.15) is 61.5 Å². The molecule has 3 nitrogen and oxygen atoms in total. The van der Waals surface area contributed by atoms with E-state index in [9.17, 15) is 9.59 Å². The van der Waals surface area contributed by atoms with Gasteiger partial charge in [0.1, 0.15) is 0 Å². The Balaban J connectivity index is 2.92. The average Bonchev–Trinajstić information content (AvgIpc) is 2.45. The van der Waals surface area contributed by atoms with Crippen molar-refractivity contribution >= 4 is 11.8 Å². The molecular formula is C18H26O3. The molecule has 0 saturated heterocycles. The van der Waals surface area contributed by atoms with Crippen LogP contribution in [0.5, 0.6) is 0 Å². The molecule has 0 heterocycles. The summed E-state index contributed by atoms with van der Waals surface area (Å²) in [4.78, 5) is 23.7. The highest BCUT2D eigenvalue weighted by molar-refractivity contribution is 5.97. The molecule has 1 aromatic carbocycles. The van der Waals surface area contributed by atoms with Crippen LogP contribution < -0.4 is 0 Å². The first kappa shape index (κ1) is 17.4. The third-order valence-electron chi connectivity index (χ3n) is 3.51. The van der Waals surface area contributed by atoms with Gasteiger partial charge in [0, 0.05) is 12.0 Å². The molecule has 0 aromatic heterocycles. The second-order valence-electron chi connectivity index (χ2n) is 5.85. The molecule has 0 atom stereocenters. The summed E-state index contributed by atoms with van der Waals surface area (Å²) >= 11 is 0. The van der Waals surface area contributed by atoms with Crippen molar-refractivity contribution in [2.24, 2.45) is 5.92 Å². The van der Waals surface area contributed by atoms with E-state index in [0.717, 1.165) is 36.0 Å². The van der Waals surface area contributed by atoms with Gasteiger partial charge in [0.25, 0.3) is 0 Å². The van der Waals surface area contributed by atoms with Crippen LogP contribution >= 0.6 is 0 Å². The van der Waals surface area contributed by atoms with Crippen molar-refractivity contribution in [2.45, 2.75) is 52.9 Å². The Kier molecular flexibility index (Phi) is 7.13. The van der Waals surface area contributed by atoms with Crippen molar-refractivity contribution in [1.29, 1.82) is 0 Å². The molecule has 0 aliphatic carbocycles. The van der Waals surface area contributed by atoms with Gasteiger partial charge in [-0.05, 0) is 29.9 Å². The summed E-state index contributed by atoms with van der Waals surface area (Å²) in [5.41, 5.74) is 2.77. The Hall–Kier alpha value is -1.64. The number of carbonyl (C=O) groups excluding carboxylic acids is 2. The third kappa shape index (κ3) is 5.70. The molecule has 3 heteroatoms. The van der Waals surface area contributed by atoms with Crippen molar-refractivity contribution in [3.63, 3.8) is 0 Å². The first-order valence-electron chi connectivity index (χ1n) is 7.69. The Morgan fingerprint density at radius 3 is 2.52 bits per heavy atom. The molecule has 1 aromatic rings. The molecule has 0 radical (unpaired) electrons. The number of carbonyl (C=O) groups is 2. The molecular weight excluding hydrogens is 264 g/mol. The number of esters is 1. The normalized spacial score (nSPS) is 10.7. The molecule has 0 unspecified atom stereocenters. The number of Topliss-reactive ketones (excluding diaryl/α,β-unsaturated/α-hetero) is 1. The van der Waals surface area contributed by atoms with E-state index >= 15 is 0 Å². The molecule has 0 N–H and O–H groups in total. The van der Waals surface area contributed by atoms with E-state index in [1.165, 1.54) is 7.11 Å². The molecule has 0 aliphatic heterocycles. The molecule has 116 valence electrons. The highest BCUT2D eigenvalue weighted by Gasteiger charge is 2.13. The number of ketones is 1. The van der Waals surface area contributed by atoms with Crippen molar-refractivity contribution in [1.82, 2.24) is 0 Å². The van der Waals surface area contributed by atoms with Crippen LogP contribution in [0.2, 0.25) is 0 Å². The summed E-state index contributed by atoms with van der Waals surface area (Å²) < 4.78 is 4.69. The lowest BCUT2D eigenvalue weighted by molar-refractivity contribution is -0.139. The standard InChI is InChI=1S/C18H26O3/c1-5-6-15-11-14(12-18(20)21-4)8-9-16(15)17(19)10-7-13(2)3/h8-9,11,13H,5-7,10,12H2,1-4H3. The lowest BCUT2D eigenvalue weighted by Gasteiger charge is -2.11. The predicted octanol–water partition coefficient (Wildman–Crippen LogP) is 3.97. The highest BCUT2D eigenvalue weighted by Crippen LogP contribution is 2.19. The number of ether oxygens (including phenoxy) is 1. The lowest BCUT2D eigenvalue weighted by atomic mass is 9.93. The Morgan fingerprint density at radius 1 is 1.24 bits per heavy atom. The van der Waals surface area contributed by atoms with Gasteiger partial charge in [-0.2, -0.15) is 0 Å². The first-order chi connectivity index (χ1) is 9.97. The zero-order valence-electron chi connectivity index (χ0n) is 13.6. The van der Waals surface area contributed by atoms with Gasteiger partial charge in [0.2, 0.25) is 0 Å². The van der Waals surface area contributed by atoms with Gasteiger partial charge >= 0.3 is 5.97 Å². The minimum Gasteiger partial charge on any atom is -0.469 e. The zero-order valence-corrected chi connectivity index (χ0v) is 13.6. The summed E-state index contributed by atoms with van der Waals surface area (Å²) in [6, 6.07) is 5.70. The molecule has 21 heavy (non-hydrogen) atoms. The summed E-state index contributed by atoms with van der Waals surface area (Å²) in [6.07, 6.45) is 3.59. The Labute approximate surface area is 127 Å². The van der Waals surface area contributed by atoms with Crippen molar-refractivity contribution in [3.8, 4) is 0 Å². The fraction of sp³-hybridized carbons (Fsp3) is 0.556. The predicted molar refractivity (Wildman–Crippen MR) is 84.6 cm³/mol. The zero-order chi connectivity index (χ0) is 15.8. The Morgan fingerprint density at radius 2 is 1.95 bits per heavy atom. The van der Waals surface area contributed by atoms with E-state index < -0.39 is 0 Å². The van der Waals surface area contributed by atoms with Gasteiger partial charge < -0.3 is 4.74 Å². The van der Waals surface area contributed by atoms with Gasteiger partial charge in [0.15, 0.2) is 5.78 Å². The molecule has 0 amide bonds. The fourth-order valence-corrected chi connectivity index (χ4v) is 2.30. The maximum absolute atomic E-state index is 12.3. The van der Waals surface area contributed by atoms with E-state index in [0.29, 0.717) is 12.3 Å². The van der Waals surface area contributed by atoms with Crippen LogP contribution in [0.25, 0.3) is 0 Å². The maximum Gasteiger partial charge on any atom is 0.309 e. The van der Waals surface area contributed by atoms with Crippen LogP contribution in [-0.4, -0.2) is 18.9 Å². The molecule has 0 aliphatic rings. The van der Waals surface area contributed by atoms with Gasteiger partial charge in [-0.1, -0.05) is 45.4 Å². The van der Waals surface area contributed by atoms with Crippen LogP contribution in [0, 0.1) is 5.92 Å². The quantitative estimate of drug-likeness (QED) is 0.537. The van der Waals surface area contributed by atoms with E-state index in [1.54, 1.807) is 0 Å². The number of methoxy groups -OCH3 is 1. The average molecular weight is 290 g/mol. The number of aryl methyl sites for hydroxylation is 1. The number of hydrogen-bond donors (Lipinski definition) is 0. The van der Waals surface area contributed by atoms with E-state index in [2.05, 4.69) is 20.8 Å². The SMILES string of the molecule is CCCc1cc(CC(=O)OC)ccc1C(=O)CCC(C)C. The molecule has 0 spiro atoms. The first-order valence-corrected chi connectivity index (χ1v) is 7.69. The smallest absolute Gasteiger partial charge is 0.309 e. The summed E-state index contributed by atoms with van der Waals surface area (Å²) in [7, 11) is 1.39.